The first-order valence-corrected chi connectivity index (χ1v) is 6.44. The van der Waals surface area contributed by atoms with Crippen molar-refractivity contribution in [2.45, 2.75) is 25.3 Å². The van der Waals surface area contributed by atoms with Gasteiger partial charge in [-0.2, -0.15) is 11.3 Å². The summed E-state index contributed by atoms with van der Waals surface area (Å²) >= 11 is 1.35. The lowest BCUT2D eigenvalue weighted by Gasteiger charge is -2.29. The fraction of sp³-hybridized carbons (Fsp3) is 0.636. The van der Waals surface area contributed by atoms with Crippen LogP contribution >= 0.6 is 11.3 Å². The van der Waals surface area contributed by atoms with Gasteiger partial charge in [-0.15, -0.1) is 0 Å². The topological polar surface area (TPSA) is 38.0 Å². The molecule has 5 heteroatoms. The third-order valence-electron chi connectivity index (χ3n) is 3.18. The predicted molar refractivity (Wildman–Crippen MR) is 61.8 cm³/mol. The largest absolute Gasteiger partial charge is 0.330 e. The third-order valence-corrected chi connectivity index (χ3v) is 3.96. The van der Waals surface area contributed by atoms with Gasteiger partial charge in [-0.25, -0.2) is 8.78 Å². The van der Waals surface area contributed by atoms with Gasteiger partial charge in [-0.1, -0.05) is 0 Å². The molecule has 90 valence electrons. The van der Waals surface area contributed by atoms with Crippen LogP contribution in [-0.2, 0) is 0 Å². The fourth-order valence-corrected chi connectivity index (χ4v) is 3.06. The molecule has 2 atom stereocenters. The Morgan fingerprint density at radius 3 is 2.81 bits per heavy atom. The Morgan fingerprint density at radius 1 is 1.44 bits per heavy atom. The maximum atomic E-state index is 12.7. The molecule has 0 amide bonds. The molecule has 2 nitrogen and oxygen atoms in total. The Bertz CT molecular complexity index is 332. The van der Waals surface area contributed by atoms with E-state index in [9.17, 15) is 8.78 Å². The predicted octanol–water partition coefficient (Wildman–Crippen LogP) is 2.69. The monoisotopic (exact) mass is 246 g/mol. The molecule has 0 aromatic carbocycles. The lowest BCUT2D eigenvalue weighted by Crippen LogP contribution is -2.36. The molecule has 1 aromatic rings. The number of rotatable bonds is 3. The highest BCUT2D eigenvalue weighted by Gasteiger charge is 2.25. The van der Waals surface area contributed by atoms with Gasteiger partial charge in [0.05, 0.1) is 0 Å². The Hall–Kier alpha value is -0.520. The van der Waals surface area contributed by atoms with Crippen LogP contribution in [0.4, 0.5) is 8.78 Å². The van der Waals surface area contributed by atoms with Gasteiger partial charge in [-0.3, -0.25) is 0 Å². The van der Waals surface area contributed by atoms with Crippen LogP contribution in [0.2, 0.25) is 0 Å². The van der Waals surface area contributed by atoms with E-state index < -0.39 is 6.43 Å². The van der Waals surface area contributed by atoms with Crippen LogP contribution in [0, 0.1) is 5.92 Å². The number of hydrogen-bond donors (Lipinski definition) is 2. The summed E-state index contributed by atoms with van der Waals surface area (Å²) in [6.07, 6.45) is -0.444. The van der Waals surface area contributed by atoms with Crippen LogP contribution in [0.15, 0.2) is 10.8 Å². The van der Waals surface area contributed by atoms with Crippen LogP contribution in [0.5, 0.6) is 0 Å². The van der Waals surface area contributed by atoms with Crippen LogP contribution in [0.1, 0.15) is 36.4 Å². The fourth-order valence-electron chi connectivity index (χ4n) is 2.16. The molecule has 1 aliphatic heterocycles. The third kappa shape index (κ3) is 2.42. The summed E-state index contributed by atoms with van der Waals surface area (Å²) in [5.41, 5.74) is 6.55. The minimum Gasteiger partial charge on any atom is -0.330 e. The first kappa shape index (κ1) is 12.0. The Balaban J connectivity index is 2.05. The average Bonchev–Trinajstić information content (AvgIpc) is 2.78. The highest BCUT2D eigenvalue weighted by molar-refractivity contribution is 7.08. The van der Waals surface area contributed by atoms with Crippen LogP contribution in [-0.4, -0.2) is 13.1 Å². The van der Waals surface area contributed by atoms with E-state index in [1.54, 1.807) is 5.38 Å². The molecular formula is C11H16F2N2S. The lowest BCUT2D eigenvalue weighted by atomic mass is 9.91. The molecule has 0 aliphatic carbocycles. The van der Waals surface area contributed by atoms with Crippen molar-refractivity contribution < 1.29 is 8.78 Å². The standard InChI is InChI=1S/C11H16F2N2S/c12-11(13)9-6-16-5-8(9)10-2-1-7(3-14)4-15-10/h5-7,10-11,15H,1-4,14H2. The molecule has 1 aromatic heterocycles. The average molecular weight is 246 g/mol. The minimum absolute atomic E-state index is 0.0815. The first-order chi connectivity index (χ1) is 7.72. The maximum absolute atomic E-state index is 12.7. The van der Waals surface area contributed by atoms with E-state index in [0.717, 1.165) is 24.9 Å². The van der Waals surface area contributed by atoms with Crippen LogP contribution in [0.3, 0.4) is 0 Å². The van der Waals surface area contributed by atoms with Gasteiger partial charge in [-0.05, 0) is 48.2 Å². The van der Waals surface area contributed by atoms with E-state index in [-0.39, 0.29) is 11.6 Å². The zero-order chi connectivity index (χ0) is 11.5. The molecule has 0 saturated carbocycles. The molecular weight excluding hydrogens is 230 g/mol. The summed E-state index contributed by atoms with van der Waals surface area (Å²) in [4.78, 5) is 0. The second-order valence-corrected chi connectivity index (χ2v) is 4.97. The van der Waals surface area contributed by atoms with Crippen molar-refractivity contribution in [2.75, 3.05) is 13.1 Å². The smallest absolute Gasteiger partial charge is 0.264 e. The van der Waals surface area contributed by atoms with Gasteiger partial charge in [0, 0.05) is 11.6 Å². The Labute approximate surface area is 97.8 Å². The summed E-state index contributed by atoms with van der Waals surface area (Å²) in [5.74, 6) is 0.491. The molecule has 1 aliphatic rings. The van der Waals surface area contributed by atoms with Crippen LogP contribution < -0.4 is 11.1 Å². The van der Waals surface area contributed by atoms with Gasteiger partial charge in [0.1, 0.15) is 0 Å². The van der Waals surface area contributed by atoms with E-state index in [1.807, 2.05) is 5.38 Å². The highest BCUT2D eigenvalue weighted by atomic mass is 32.1. The second-order valence-electron chi connectivity index (χ2n) is 4.22. The first-order valence-electron chi connectivity index (χ1n) is 5.50. The zero-order valence-corrected chi connectivity index (χ0v) is 9.77. The van der Waals surface area contributed by atoms with Gasteiger partial charge < -0.3 is 11.1 Å². The second kappa shape index (κ2) is 5.21. The number of nitrogens with two attached hydrogens (primary N) is 1. The normalized spacial score (nSPS) is 26.2. The number of thiophene rings is 1. The van der Waals surface area contributed by atoms with E-state index in [0.29, 0.717) is 12.5 Å². The van der Waals surface area contributed by atoms with Crippen molar-refractivity contribution in [3.63, 3.8) is 0 Å². The molecule has 0 radical (unpaired) electrons. The van der Waals surface area contributed by atoms with Crippen molar-refractivity contribution in [2.24, 2.45) is 11.7 Å². The Kier molecular flexibility index (Phi) is 3.89. The lowest BCUT2D eigenvalue weighted by molar-refractivity contribution is 0.149. The van der Waals surface area contributed by atoms with Crippen molar-refractivity contribution in [1.29, 1.82) is 0 Å². The summed E-state index contributed by atoms with van der Waals surface area (Å²) in [6.45, 7) is 1.50. The molecule has 2 rings (SSSR count). The summed E-state index contributed by atoms with van der Waals surface area (Å²) in [6, 6.07) is 0.0815. The van der Waals surface area contributed by atoms with Crippen molar-refractivity contribution >= 4 is 11.3 Å². The molecule has 1 fully saturated rings. The molecule has 2 heterocycles. The van der Waals surface area contributed by atoms with Gasteiger partial charge in [0.2, 0.25) is 0 Å². The number of hydrogen-bond acceptors (Lipinski definition) is 3. The molecule has 0 spiro atoms. The van der Waals surface area contributed by atoms with Gasteiger partial charge in [0.15, 0.2) is 0 Å². The highest BCUT2D eigenvalue weighted by Crippen LogP contribution is 2.34. The zero-order valence-electron chi connectivity index (χ0n) is 8.96. The molecule has 16 heavy (non-hydrogen) atoms. The number of halogens is 2. The minimum atomic E-state index is -2.37. The number of nitrogens with one attached hydrogen (secondary N) is 1. The molecule has 2 unspecified atom stereocenters. The number of piperidine rings is 1. The maximum Gasteiger partial charge on any atom is 0.264 e. The molecule has 3 N–H and O–H groups in total. The number of alkyl halides is 2. The van der Waals surface area contributed by atoms with Crippen molar-refractivity contribution in [1.82, 2.24) is 5.32 Å². The van der Waals surface area contributed by atoms with Crippen molar-refractivity contribution in [3.8, 4) is 0 Å². The molecule has 0 bridgehead atoms. The van der Waals surface area contributed by atoms with E-state index in [4.69, 9.17) is 5.73 Å². The van der Waals surface area contributed by atoms with E-state index in [1.165, 1.54) is 11.3 Å². The summed E-state index contributed by atoms with van der Waals surface area (Å²) < 4.78 is 25.4. The summed E-state index contributed by atoms with van der Waals surface area (Å²) in [5, 5.41) is 6.70. The van der Waals surface area contributed by atoms with E-state index >= 15 is 0 Å². The quantitative estimate of drug-likeness (QED) is 0.860. The van der Waals surface area contributed by atoms with Crippen LogP contribution in [0.25, 0.3) is 0 Å². The van der Waals surface area contributed by atoms with Gasteiger partial charge >= 0.3 is 0 Å². The molecule has 1 saturated heterocycles. The van der Waals surface area contributed by atoms with Crippen molar-refractivity contribution in [3.05, 3.63) is 21.9 Å². The van der Waals surface area contributed by atoms with E-state index in [2.05, 4.69) is 5.32 Å². The van der Waals surface area contributed by atoms with Gasteiger partial charge in [0.25, 0.3) is 6.43 Å². The Morgan fingerprint density at radius 2 is 2.25 bits per heavy atom. The summed E-state index contributed by atoms with van der Waals surface area (Å²) in [7, 11) is 0. The SMILES string of the molecule is NCC1CCC(c2cscc2C(F)F)NC1.